The van der Waals surface area contributed by atoms with E-state index < -0.39 is 6.04 Å². The minimum Gasteiger partial charge on any atom is -0.341 e. The number of piperidine rings is 1. The number of likely N-dealkylation sites (tertiary alicyclic amines) is 2. The topological polar surface area (TPSA) is 57.7 Å². The van der Waals surface area contributed by atoms with Crippen LogP contribution in [0.2, 0.25) is 0 Å². The summed E-state index contributed by atoms with van der Waals surface area (Å²) in [5.41, 5.74) is 0. The smallest absolute Gasteiger partial charge is 0.245 e. The SMILES string of the molecule is C[C@H](C(=O)N1CCCCC1)N1C(=O)[C@@H]2[C@@H]3C[C@H]([C@H](Br)[C@@H]3Br)[C@@H]2C1=O. The van der Waals surface area contributed by atoms with Crippen molar-refractivity contribution in [3.63, 3.8) is 0 Å². The second-order valence-electron chi connectivity index (χ2n) is 7.61. The number of hydrogen-bond donors (Lipinski definition) is 0. The molecule has 132 valence electrons. The number of fused-ring (bicyclic) bond motifs is 5. The Morgan fingerprint density at radius 2 is 1.50 bits per heavy atom. The summed E-state index contributed by atoms with van der Waals surface area (Å²) in [4.78, 5) is 42.3. The Hall–Kier alpha value is -0.430. The zero-order chi connectivity index (χ0) is 17.2. The minimum atomic E-state index is -0.671. The van der Waals surface area contributed by atoms with Crippen LogP contribution in [-0.2, 0) is 14.4 Å². The molecule has 0 N–H and O–H groups in total. The first kappa shape index (κ1) is 17.0. The molecule has 0 aromatic carbocycles. The lowest BCUT2D eigenvalue weighted by molar-refractivity contribution is -0.152. The van der Waals surface area contributed by atoms with E-state index >= 15 is 0 Å². The molecule has 7 heteroatoms. The van der Waals surface area contributed by atoms with Gasteiger partial charge in [0.05, 0.1) is 11.8 Å². The lowest BCUT2D eigenvalue weighted by atomic mass is 9.81. The fourth-order valence-corrected chi connectivity index (χ4v) is 7.12. The van der Waals surface area contributed by atoms with Crippen molar-refractivity contribution in [1.29, 1.82) is 0 Å². The number of carbonyl (C=O) groups excluding carboxylic acids is 3. The molecule has 0 unspecified atom stereocenters. The van der Waals surface area contributed by atoms with Gasteiger partial charge in [0.2, 0.25) is 17.7 Å². The third kappa shape index (κ3) is 2.26. The monoisotopic (exact) mass is 460 g/mol. The molecule has 0 aromatic rings. The first-order chi connectivity index (χ1) is 11.4. The molecule has 4 fully saturated rings. The molecule has 3 amide bonds. The Bertz CT molecular complexity index is 560. The highest BCUT2D eigenvalue weighted by Crippen LogP contribution is 2.60. The maximum Gasteiger partial charge on any atom is 0.245 e. The fourth-order valence-electron chi connectivity index (χ4n) is 5.24. The van der Waals surface area contributed by atoms with Gasteiger partial charge in [-0.05, 0) is 44.4 Å². The van der Waals surface area contributed by atoms with Crippen molar-refractivity contribution in [1.82, 2.24) is 9.80 Å². The van der Waals surface area contributed by atoms with Crippen molar-refractivity contribution in [3.05, 3.63) is 0 Å². The number of alkyl halides is 2. The summed E-state index contributed by atoms with van der Waals surface area (Å²) < 4.78 is 0. The fraction of sp³-hybridized carbons (Fsp3) is 0.824. The largest absolute Gasteiger partial charge is 0.341 e. The molecule has 4 rings (SSSR count). The molecule has 0 aromatic heterocycles. The summed E-state index contributed by atoms with van der Waals surface area (Å²) in [5.74, 6) is -0.409. The average Bonchev–Trinajstić information content (AvgIpc) is 3.19. The minimum absolute atomic E-state index is 0.0745. The summed E-state index contributed by atoms with van der Waals surface area (Å²) in [5, 5.41) is 0. The van der Waals surface area contributed by atoms with E-state index in [1.807, 2.05) is 4.90 Å². The van der Waals surface area contributed by atoms with Crippen molar-refractivity contribution in [3.8, 4) is 0 Å². The molecule has 2 saturated heterocycles. The predicted molar refractivity (Wildman–Crippen MR) is 95.8 cm³/mol. The van der Waals surface area contributed by atoms with Crippen LogP contribution in [0.3, 0.4) is 0 Å². The summed E-state index contributed by atoms with van der Waals surface area (Å²) in [6, 6.07) is -0.671. The number of carbonyl (C=O) groups is 3. The standard InChI is InChI=1S/C17H22Br2N2O3/c1-8(15(22)20-5-3-2-4-6-20)21-16(23)11-9-7-10(12(11)17(21)24)14(19)13(9)18/h8-14H,2-7H2,1H3/t8-,9+,10+,11-,12+,13-,14+/m1/s1. The van der Waals surface area contributed by atoms with Crippen molar-refractivity contribution in [2.24, 2.45) is 23.7 Å². The van der Waals surface area contributed by atoms with E-state index in [9.17, 15) is 14.4 Å². The van der Waals surface area contributed by atoms with Crippen LogP contribution in [-0.4, -0.2) is 56.3 Å². The van der Waals surface area contributed by atoms with Gasteiger partial charge in [0.25, 0.3) is 0 Å². The number of amides is 3. The van der Waals surface area contributed by atoms with E-state index in [0.717, 1.165) is 38.8 Å². The first-order valence-corrected chi connectivity index (χ1v) is 10.7. The third-order valence-electron chi connectivity index (χ3n) is 6.43. The van der Waals surface area contributed by atoms with Crippen LogP contribution in [0.4, 0.5) is 0 Å². The zero-order valence-corrected chi connectivity index (χ0v) is 16.8. The molecule has 2 heterocycles. The van der Waals surface area contributed by atoms with Gasteiger partial charge in [-0.3, -0.25) is 19.3 Å². The summed E-state index contributed by atoms with van der Waals surface area (Å²) in [6.07, 6.45) is 4.08. The molecule has 2 bridgehead atoms. The van der Waals surface area contributed by atoms with Crippen LogP contribution < -0.4 is 0 Å². The highest BCUT2D eigenvalue weighted by molar-refractivity contribution is 9.12. The molecule has 5 nitrogen and oxygen atoms in total. The van der Waals surface area contributed by atoms with E-state index in [0.29, 0.717) is 0 Å². The van der Waals surface area contributed by atoms with Crippen LogP contribution in [0.25, 0.3) is 0 Å². The van der Waals surface area contributed by atoms with Crippen molar-refractivity contribution >= 4 is 49.6 Å². The summed E-state index contributed by atoms with van der Waals surface area (Å²) in [7, 11) is 0. The molecule has 24 heavy (non-hydrogen) atoms. The number of hydrogen-bond acceptors (Lipinski definition) is 3. The van der Waals surface area contributed by atoms with Gasteiger partial charge in [-0.2, -0.15) is 0 Å². The molecule has 4 aliphatic rings. The molecular formula is C17H22Br2N2O3. The number of rotatable bonds is 2. The van der Waals surface area contributed by atoms with Gasteiger partial charge in [-0.25, -0.2) is 0 Å². The van der Waals surface area contributed by atoms with E-state index in [-0.39, 0.29) is 51.0 Å². The quantitative estimate of drug-likeness (QED) is 0.467. The van der Waals surface area contributed by atoms with Gasteiger partial charge >= 0.3 is 0 Å². The van der Waals surface area contributed by atoms with Gasteiger partial charge in [-0.1, -0.05) is 31.9 Å². The zero-order valence-electron chi connectivity index (χ0n) is 13.7. The maximum atomic E-state index is 13.0. The van der Waals surface area contributed by atoms with Gasteiger partial charge in [0.1, 0.15) is 6.04 Å². The molecule has 2 aliphatic heterocycles. The Kier molecular flexibility index (Phi) is 4.31. The molecule has 2 saturated carbocycles. The first-order valence-electron chi connectivity index (χ1n) is 8.87. The maximum absolute atomic E-state index is 13.0. The Labute approximate surface area is 158 Å². The van der Waals surface area contributed by atoms with Gasteiger partial charge in [-0.15, -0.1) is 0 Å². The summed E-state index contributed by atoms with van der Waals surface area (Å²) in [6.45, 7) is 3.20. The molecule has 0 spiro atoms. The second-order valence-corrected chi connectivity index (χ2v) is 9.73. The Morgan fingerprint density at radius 1 is 1.00 bits per heavy atom. The lowest BCUT2D eigenvalue weighted by Gasteiger charge is -2.32. The summed E-state index contributed by atoms with van der Waals surface area (Å²) >= 11 is 7.38. The van der Waals surface area contributed by atoms with Crippen LogP contribution >= 0.6 is 31.9 Å². The van der Waals surface area contributed by atoms with Gasteiger partial charge in [0, 0.05) is 22.7 Å². The van der Waals surface area contributed by atoms with Crippen molar-refractivity contribution in [2.75, 3.05) is 13.1 Å². The molecule has 2 aliphatic carbocycles. The second kappa shape index (κ2) is 6.08. The number of imide groups is 1. The van der Waals surface area contributed by atoms with Crippen molar-refractivity contribution in [2.45, 2.75) is 48.3 Å². The van der Waals surface area contributed by atoms with Crippen molar-refractivity contribution < 1.29 is 14.4 Å². The van der Waals surface area contributed by atoms with E-state index in [4.69, 9.17) is 0 Å². The Morgan fingerprint density at radius 3 is 2.00 bits per heavy atom. The number of halogens is 2. The Balaban J connectivity index is 1.56. The average molecular weight is 462 g/mol. The van der Waals surface area contributed by atoms with Gasteiger partial charge < -0.3 is 4.90 Å². The van der Waals surface area contributed by atoms with Crippen LogP contribution in [0.1, 0.15) is 32.6 Å². The van der Waals surface area contributed by atoms with Crippen LogP contribution in [0, 0.1) is 23.7 Å². The molecule has 7 atom stereocenters. The number of nitrogens with zero attached hydrogens (tertiary/aromatic N) is 2. The highest BCUT2D eigenvalue weighted by Gasteiger charge is 2.67. The third-order valence-corrected chi connectivity index (χ3v) is 9.64. The van der Waals surface area contributed by atoms with E-state index in [1.165, 1.54) is 4.90 Å². The van der Waals surface area contributed by atoms with Crippen LogP contribution in [0.5, 0.6) is 0 Å². The molecule has 0 radical (unpaired) electrons. The van der Waals surface area contributed by atoms with E-state index in [1.54, 1.807) is 6.92 Å². The van der Waals surface area contributed by atoms with Crippen LogP contribution in [0.15, 0.2) is 0 Å². The highest BCUT2D eigenvalue weighted by atomic mass is 79.9. The predicted octanol–water partition coefficient (Wildman–Crippen LogP) is 2.17. The lowest BCUT2D eigenvalue weighted by Crippen LogP contribution is -2.51. The molecular weight excluding hydrogens is 440 g/mol. The van der Waals surface area contributed by atoms with Gasteiger partial charge in [0.15, 0.2) is 0 Å². The normalized spacial score (nSPS) is 42.6. The van der Waals surface area contributed by atoms with E-state index in [2.05, 4.69) is 31.9 Å².